The molecule has 7 nitrogen and oxygen atoms in total. The summed E-state index contributed by atoms with van der Waals surface area (Å²) in [6.45, 7) is 6.98. The Morgan fingerprint density at radius 3 is 2.89 bits per heavy atom. The van der Waals surface area contributed by atoms with Crippen molar-refractivity contribution in [2.24, 2.45) is 0 Å². The van der Waals surface area contributed by atoms with E-state index in [4.69, 9.17) is 4.74 Å². The molecule has 3 rings (SSSR count). The molecule has 0 aromatic heterocycles. The minimum absolute atomic E-state index is 0.0155. The van der Waals surface area contributed by atoms with Gasteiger partial charge >= 0.3 is 6.03 Å². The molecule has 27 heavy (non-hydrogen) atoms. The van der Waals surface area contributed by atoms with E-state index < -0.39 is 0 Å². The van der Waals surface area contributed by atoms with Crippen molar-refractivity contribution in [1.29, 1.82) is 0 Å². The summed E-state index contributed by atoms with van der Waals surface area (Å²) in [5, 5.41) is 3.10. The predicted octanol–water partition coefficient (Wildman–Crippen LogP) is 1.53. The molecule has 148 valence electrons. The summed E-state index contributed by atoms with van der Waals surface area (Å²) in [4.78, 5) is 30.8. The zero-order valence-corrected chi connectivity index (χ0v) is 16.3. The molecule has 1 unspecified atom stereocenters. The van der Waals surface area contributed by atoms with Crippen molar-refractivity contribution >= 4 is 11.9 Å². The third kappa shape index (κ3) is 5.13. The van der Waals surface area contributed by atoms with E-state index in [-0.39, 0.29) is 24.5 Å². The van der Waals surface area contributed by atoms with Gasteiger partial charge in [0.05, 0.1) is 7.11 Å². The molecule has 0 aliphatic carbocycles. The maximum Gasteiger partial charge on any atom is 0.318 e. The van der Waals surface area contributed by atoms with Crippen LogP contribution in [-0.2, 0) is 11.3 Å². The normalized spacial score (nSPS) is 20.8. The maximum absolute atomic E-state index is 12.5. The highest BCUT2D eigenvalue weighted by Crippen LogP contribution is 2.16. The molecule has 2 aliphatic heterocycles. The standard InChI is InChI=1S/C20H30N4O3/c1-3-8-22-9-7-17(14-22)21-20(26)24-11-10-23(19(25)15-24)13-16-5-4-6-18(12-16)27-2/h4-6,12,17H,3,7-11,13-15H2,1-2H3,(H,21,26). The number of piperazine rings is 1. The van der Waals surface area contributed by atoms with Gasteiger partial charge in [-0.1, -0.05) is 19.1 Å². The summed E-state index contributed by atoms with van der Waals surface area (Å²) in [6.07, 6.45) is 2.11. The van der Waals surface area contributed by atoms with Crippen molar-refractivity contribution < 1.29 is 14.3 Å². The topological polar surface area (TPSA) is 65.1 Å². The largest absolute Gasteiger partial charge is 0.497 e. The first-order chi connectivity index (χ1) is 13.1. The van der Waals surface area contributed by atoms with E-state index in [2.05, 4.69) is 17.1 Å². The van der Waals surface area contributed by atoms with Gasteiger partial charge in [0.1, 0.15) is 12.3 Å². The van der Waals surface area contributed by atoms with Crippen LogP contribution in [0.1, 0.15) is 25.3 Å². The number of nitrogens with zero attached hydrogens (tertiary/aromatic N) is 3. The molecule has 7 heteroatoms. The van der Waals surface area contributed by atoms with Gasteiger partial charge in [0.25, 0.3) is 0 Å². The molecule has 2 aliphatic rings. The van der Waals surface area contributed by atoms with E-state index in [1.165, 1.54) is 0 Å². The predicted molar refractivity (Wildman–Crippen MR) is 104 cm³/mol. The Kier molecular flexibility index (Phi) is 6.55. The third-order valence-corrected chi connectivity index (χ3v) is 5.25. The summed E-state index contributed by atoms with van der Waals surface area (Å²) in [6, 6.07) is 7.80. The number of ether oxygens (including phenoxy) is 1. The zero-order chi connectivity index (χ0) is 19.2. The smallest absolute Gasteiger partial charge is 0.318 e. The molecule has 2 fully saturated rings. The van der Waals surface area contributed by atoms with Crippen LogP contribution in [0.25, 0.3) is 0 Å². The number of rotatable bonds is 6. The van der Waals surface area contributed by atoms with Crippen molar-refractivity contribution in [3.05, 3.63) is 29.8 Å². The van der Waals surface area contributed by atoms with E-state index in [1.807, 2.05) is 24.3 Å². The van der Waals surface area contributed by atoms with E-state index in [0.717, 1.165) is 43.8 Å². The van der Waals surface area contributed by atoms with Crippen LogP contribution >= 0.6 is 0 Å². The summed E-state index contributed by atoms with van der Waals surface area (Å²) in [5.74, 6) is 0.768. The Bertz CT molecular complexity index is 666. The first-order valence-corrected chi connectivity index (χ1v) is 9.77. The Labute approximate surface area is 161 Å². The third-order valence-electron chi connectivity index (χ3n) is 5.25. The van der Waals surface area contributed by atoms with Crippen LogP contribution in [0.2, 0.25) is 0 Å². The molecule has 0 bridgehead atoms. The zero-order valence-electron chi connectivity index (χ0n) is 16.3. The van der Waals surface area contributed by atoms with Gasteiger partial charge in [-0.15, -0.1) is 0 Å². The molecule has 2 heterocycles. The highest BCUT2D eigenvalue weighted by Gasteiger charge is 2.30. The number of carbonyl (C=O) groups is 2. The van der Waals surface area contributed by atoms with Crippen LogP contribution in [0, 0.1) is 0 Å². The van der Waals surface area contributed by atoms with Crippen LogP contribution in [-0.4, -0.2) is 79.1 Å². The maximum atomic E-state index is 12.5. The number of benzene rings is 1. The van der Waals surface area contributed by atoms with Crippen molar-refractivity contribution in [2.45, 2.75) is 32.4 Å². The molecule has 3 amide bonds. The highest BCUT2D eigenvalue weighted by molar-refractivity contribution is 5.85. The molecule has 1 N–H and O–H groups in total. The van der Waals surface area contributed by atoms with E-state index in [1.54, 1.807) is 16.9 Å². The monoisotopic (exact) mass is 374 g/mol. The number of hydrogen-bond acceptors (Lipinski definition) is 4. The first-order valence-electron chi connectivity index (χ1n) is 9.77. The quantitative estimate of drug-likeness (QED) is 0.820. The lowest BCUT2D eigenvalue weighted by Crippen LogP contribution is -2.55. The highest BCUT2D eigenvalue weighted by atomic mass is 16.5. The molecular weight excluding hydrogens is 344 g/mol. The minimum Gasteiger partial charge on any atom is -0.497 e. The second-order valence-electron chi connectivity index (χ2n) is 7.32. The lowest BCUT2D eigenvalue weighted by atomic mass is 10.2. The number of hydrogen-bond donors (Lipinski definition) is 1. The van der Waals surface area contributed by atoms with E-state index in [9.17, 15) is 9.59 Å². The molecule has 0 radical (unpaired) electrons. The fourth-order valence-electron chi connectivity index (χ4n) is 3.78. The molecule has 0 spiro atoms. The fraction of sp³-hybridized carbons (Fsp3) is 0.600. The van der Waals surface area contributed by atoms with Crippen molar-refractivity contribution in [3.63, 3.8) is 0 Å². The number of amides is 3. The molecular formula is C20H30N4O3. The Balaban J connectivity index is 1.48. The lowest BCUT2D eigenvalue weighted by Gasteiger charge is -2.35. The molecule has 0 saturated carbocycles. The Morgan fingerprint density at radius 2 is 2.15 bits per heavy atom. The summed E-state index contributed by atoms with van der Waals surface area (Å²) in [7, 11) is 1.63. The average Bonchev–Trinajstić information content (AvgIpc) is 3.10. The minimum atomic E-state index is -0.118. The lowest BCUT2D eigenvalue weighted by molar-refractivity contribution is -0.135. The number of methoxy groups -OCH3 is 1. The van der Waals surface area contributed by atoms with Crippen LogP contribution in [0.4, 0.5) is 4.79 Å². The van der Waals surface area contributed by atoms with Gasteiger partial charge in [-0.3, -0.25) is 4.79 Å². The second kappa shape index (κ2) is 9.08. The van der Waals surface area contributed by atoms with Crippen molar-refractivity contribution in [3.8, 4) is 5.75 Å². The van der Waals surface area contributed by atoms with Gasteiger partial charge in [0, 0.05) is 38.8 Å². The van der Waals surface area contributed by atoms with Gasteiger partial charge in [-0.05, 0) is 37.1 Å². The first kappa shape index (κ1) is 19.5. The van der Waals surface area contributed by atoms with Gasteiger partial charge in [-0.25, -0.2) is 4.79 Å². The van der Waals surface area contributed by atoms with Crippen LogP contribution in [0.3, 0.4) is 0 Å². The summed E-state index contributed by atoms with van der Waals surface area (Å²) in [5.41, 5.74) is 1.03. The van der Waals surface area contributed by atoms with Crippen molar-refractivity contribution in [1.82, 2.24) is 20.0 Å². The summed E-state index contributed by atoms with van der Waals surface area (Å²) < 4.78 is 5.24. The number of nitrogens with one attached hydrogen (secondary N) is 1. The van der Waals surface area contributed by atoms with Gasteiger partial charge in [0.15, 0.2) is 0 Å². The molecule has 1 aromatic carbocycles. The average molecular weight is 374 g/mol. The Morgan fingerprint density at radius 1 is 1.30 bits per heavy atom. The molecule has 1 atom stereocenters. The summed E-state index contributed by atoms with van der Waals surface area (Å²) >= 11 is 0. The van der Waals surface area contributed by atoms with E-state index >= 15 is 0 Å². The number of urea groups is 1. The van der Waals surface area contributed by atoms with Gasteiger partial charge < -0.3 is 24.8 Å². The molecule has 1 aromatic rings. The molecule has 2 saturated heterocycles. The van der Waals surface area contributed by atoms with E-state index in [0.29, 0.717) is 19.6 Å². The Hall–Kier alpha value is -2.28. The van der Waals surface area contributed by atoms with Crippen LogP contribution in [0.5, 0.6) is 5.75 Å². The van der Waals surface area contributed by atoms with Gasteiger partial charge in [0.2, 0.25) is 5.91 Å². The number of likely N-dealkylation sites (tertiary alicyclic amines) is 1. The fourth-order valence-corrected chi connectivity index (χ4v) is 3.78. The van der Waals surface area contributed by atoms with Crippen LogP contribution < -0.4 is 10.1 Å². The van der Waals surface area contributed by atoms with Crippen molar-refractivity contribution in [2.75, 3.05) is 46.4 Å². The SMILES string of the molecule is CCCN1CCC(NC(=O)N2CCN(Cc3cccc(OC)c3)C(=O)C2)C1. The second-order valence-corrected chi connectivity index (χ2v) is 7.32. The van der Waals surface area contributed by atoms with Crippen LogP contribution in [0.15, 0.2) is 24.3 Å². The number of carbonyl (C=O) groups excluding carboxylic acids is 2. The van der Waals surface area contributed by atoms with Gasteiger partial charge in [-0.2, -0.15) is 0 Å².